The predicted molar refractivity (Wildman–Crippen MR) is 58.2 cm³/mol. The fraction of sp³-hybridized carbons (Fsp3) is 0. The first-order chi connectivity index (χ1) is 6.42. The SMILES string of the molecule is NC(=S)[N-]S(=O)(=O)c1ccc(N)cc1.[Na+]. The molecule has 0 aliphatic rings. The van der Waals surface area contributed by atoms with E-state index in [4.69, 9.17) is 11.5 Å². The largest absolute Gasteiger partial charge is 1.00 e. The van der Waals surface area contributed by atoms with Crippen LogP contribution in [0.3, 0.4) is 0 Å². The Balaban J connectivity index is 0.00000196. The van der Waals surface area contributed by atoms with Gasteiger partial charge in [-0.25, -0.2) is 8.42 Å². The average molecular weight is 253 g/mol. The summed E-state index contributed by atoms with van der Waals surface area (Å²) < 4.78 is 25.9. The quantitative estimate of drug-likeness (QED) is 0.347. The molecular formula is C7H8N3NaO2S2. The van der Waals surface area contributed by atoms with E-state index in [1.165, 1.54) is 24.3 Å². The number of nitrogens with two attached hydrogens (primary N) is 2. The number of nitrogen functional groups attached to an aromatic ring is 1. The molecule has 0 spiro atoms. The number of benzene rings is 1. The topological polar surface area (TPSA) is 100 Å². The zero-order valence-corrected chi connectivity index (χ0v) is 11.7. The van der Waals surface area contributed by atoms with Gasteiger partial charge in [-0.05, 0) is 24.3 Å². The molecule has 1 aromatic carbocycles. The number of anilines is 1. The summed E-state index contributed by atoms with van der Waals surface area (Å²) in [5, 5.41) is -0.415. The van der Waals surface area contributed by atoms with Crippen molar-refractivity contribution in [2.45, 2.75) is 4.90 Å². The molecule has 0 aliphatic heterocycles. The van der Waals surface area contributed by atoms with Crippen LogP contribution in [0.4, 0.5) is 5.69 Å². The molecule has 0 unspecified atom stereocenters. The summed E-state index contributed by atoms with van der Waals surface area (Å²) in [6, 6.07) is 5.60. The van der Waals surface area contributed by atoms with Gasteiger partial charge in [-0.1, -0.05) is 12.2 Å². The van der Waals surface area contributed by atoms with Crippen molar-refractivity contribution in [2.75, 3.05) is 5.73 Å². The van der Waals surface area contributed by atoms with E-state index in [1.54, 1.807) is 0 Å². The maximum absolute atomic E-state index is 11.4. The molecule has 0 saturated carbocycles. The van der Waals surface area contributed by atoms with Crippen LogP contribution in [0.15, 0.2) is 29.2 Å². The van der Waals surface area contributed by atoms with Crippen molar-refractivity contribution >= 4 is 33.0 Å². The molecular weight excluding hydrogens is 245 g/mol. The van der Waals surface area contributed by atoms with Gasteiger partial charge in [-0.15, -0.1) is 0 Å². The van der Waals surface area contributed by atoms with Crippen LogP contribution in [0.5, 0.6) is 0 Å². The van der Waals surface area contributed by atoms with Crippen molar-refractivity contribution in [2.24, 2.45) is 5.73 Å². The van der Waals surface area contributed by atoms with Gasteiger partial charge in [0.15, 0.2) is 0 Å². The standard InChI is InChI=1S/C7H9N3O2S2.Na/c8-5-1-3-6(4-2-5)14(11,12)10-7(9)13;/h1-4H,8H2,(H3,9,10,13);/q;+1/p-1. The van der Waals surface area contributed by atoms with E-state index >= 15 is 0 Å². The second-order valence-electron chi connectivity index (χ2n) is 2.47. The van der Waals surface area contributed by atoms with E-state index in [9.17, 15) is 8.42 Å². The van der Waals surface area contributed by atoms with Gasteiger partial charge in [0, 0.05) is 10.8 Å². The Hall–Kier alpha value is -0.340. The Bertz CT molecular complexity index is 444. The summed E-state index contributed by atoms with van der Waals surface area (Å²) in [4.78, 5) is 0.0134. The molecule has 15 heavy (non-hydrogen) atoms. The van der Waals surface area contributed by atoms with Crippen molar-refractivity contribution in [3.8, 4) is 0 Å². The second kappa shape index (κ2) is 5.66. The molecule has 5 nitrogen and oxygen atoms in total. The first-order valence-electron chi connectivity index (χ1n) is 3.55. The van der Waals surface area contributed by atoms with Crippen molar-refractivity contribution < 1.29 is 38.0 Å². The Morgan fingerprint density at radius 2 is 1.73 bits per heavy atom. The Labute approximate surface area is 116 Å². The van der Waals surface area contributed by atoms with Crippen LogP contribution in [-0.2, 0) is 10.0 Å². The molecule has 0 amide bonds. The van der Waals surface area contributed by atoms with Crippen molar-refractivity contribution in [3.63, 3.8) is 0 Å². The van der Waals surface area contributed by atoms with Crippen LogP contribution in [0.2, 0.25) is 0 Å². The van der Waals surface area contributed by atoms with Crippen molar-refractivity contribution in [1.82, 2.24) is 0 Å². The zero-order valence-electron chi connectivity index (χ0n) is 8.04. The molecule has 0 bridgehead atoms. The van der Waals surface area contributed by atoms with Crippen LogP contribution in [0.1, 0.15) is 0 Å². The first kappa shape index (κ1) is 14.7. The van der Waals surface area contributed by atoms with Gasteiger partial charge in [0.2, 0.25) is 10.0 Å². The molecule has 0 heterocycles. The molecule has 0 radical (unpaired) electrons. The van der Waals surface area contributed by atoms with Gasteiger partial charge in [-0.2, -0.15) is 0 Å². The number of hydrogen-bond donors (Lipinski definition) is 2. The number of sulfonamides is 1. The summed E-state index contributed by atoms with van der Waals surface area (Å²) in [6.07, 6.45) is 0. The van der Waals surface area contributed by atoms with Crippen molar-refractivity contribution in [3.05, 3.63) is 29.0 Å². The van der Waals surface area contributed by atoms with Gasteiger partial charge in [0.1, 0.15) is 0 Å². The van der Waals surface area contributed by atoms with Crippen LogP contribution < -0.4 is 41.0 Å². The Morgan fingerprint density at radius 3 is 2.13 bits per heavy atom. The zero-order chi connectivity index (χ0) is 10.8. The molecule has 0 aliphatic carbocycles. The van der Waals surface area contributed by atoms with E-state index in [-0.39, 0.29) is 34.5 Å². The van der Waals surface area contributed by atoms with Crippen molar-refractivity contribution in [1.29, 1.82) is 0 Å². The minimum Gasteiger partial charge on any atom is -0.486 e. The van der Waals surface area contributed by atoms with Crippen LogP contribution in [0, 0.1) is 0 Å². The third-order valence-electron chi connectivity index (χ3n) is 1.39. The fourth-order valence-corrected chi connectivity index (χ4v) is 1.93. The van der Waals surface area contributed by atoms with E-state index in [2.05, 4.69) is 16.9 Å². The Morgan fingerprint density at radius 1 is 1.27 bits per heavy atom. The smallest absolute Gasteiger partial charge is 0.486 e. The van der Waals surface area contributed by atoms with Crippen LogP contribution in [0.25, 0.3) is 4.72 Å². The molecule has 0 saturated heterocycles. The monoisotopic (exact) mass is 253 g/mol. The summed E-state index contributed by atoms with van der Waals surface area (Å²) in [7, 11) is -3.77. The number of hydrogen-bond acceptors (Lipinski definition) is 4. The van der Waals surface area contributed by atoms with Gasteiger partial charge in [0.25, 0.3) is 0 Å². The van der Waals surface area contributed by atoms with Gasteiger partial charge in [0.05, 0.1) is 4.90 Å². The van der Waals surface area contributed by atoms with Gasteiger partial charge in [-0.3, -0.25) is 0 Å². The van der Waals surface area contributed by atoms with E-state index < -0.39 is 15.1 Å². The molecule has 0 aromatic heterocycles. The molecule has 8 heteroatoms. The van der Waals surface area contributed by atoms with Crippen LogP contribution in [-0.4, -0.2) is 13.5 Å². The van der Waals surface area contributed by atoms with E-state index in [0.29, 0.717) is 5.69 Å². The first-order valence-corrected chi connectivity index (χ1v) is 5.39. The molecule has 1 rings (SSSR count). The molecule has 76 valence electrons. The van der Waals surface area contributed by atoms with Gasteiger partial charge < -0.3 is 16.2 Å². The second-order valence-corrected chi connectivity index (χ2v) is 4.50. The fourth-order valence-electron chi connectivity index (χ4n) is 0.811. The minimum absolute atomic E-state index is 0. The molecule has 1 aromatic rings. The van der Waals surface area contributed by atoms with Crippen LogP contribution >= 0.6 is 12.2 Å². The predicted octanol–water partition coefficient (Wildman–Crippen LogP) is -2.42. The van der Waals surface area contributed by atoms with Gasteiger partial charge >= 0.3 is 29.6 Å². The number of rotatable bonds is 2. The number of nitrogens with zero attached hydrogens (tertiary/aromatic N) is 1. The maximum Gasteiger partial charge on any atom is 1.00 e. The minimum atomic E-state index is -3.77. The molecule has 0 fully saturated rings. The molecule has 4 N–H and O–H groups in total. The third-order valence-corrected chi connectivity index (χ3v) is 2.90. The number of thiocarbonyl (C=S) groups is 1. The summed E-state index contributed by atoms with van der Waals surface area (Å²) in [5.74, 6) is 0. The summed E-state index contributed by atoms with van der Waals surface area (Å²) in [6.45, 7) is 0. The maximum atomic E-state index is 11.4. The Kier molecular flexibility index (Phi) is 5.54. The normalized spacial score (nSPS) is 10.1. The summed E-state index contributed by atoms with van der Waals surface area (Å²) >= 11 is 4.38. The third kappa shape index (κ3) is 4.35. The van der Waals surface area contributed by atoms with E-state index in [1.807, 2.05) is 0 Å². The van der Waals surface area contributed by atoms with E-state index in [0.717, 1.165) is 0 Å². The summed E-state index contributed by atoms with van der Waals surface area (Å²) in [5.41, 5.74) is 10.9. The average Bonchev–Trinajstić information content (AvgIpc) is 2.02. The molecule has 0 atom stereocenters.